The lowest BCUT2D eigenvalue weighted by atomic mass is 9.90. The summed E-state index contributed by atoms with van der Waals surface area (Å²) in [5, 5.41) is 12.4. The highest BCUT2D eigenvalue weighted by Crippen LogP contribution is 2.27. The van der Waals surface area contributed by atoms with Crippen LogP contribution >= 0.6 is 0 Å². The van der Waals surface area contributed by atoms with Crippen molar-refractivity contribution in [2.75, 3.05) is 0 Å². The lowest BCUT2D eigenvalue weighted by Gasteiger charge is -2.25. The standard InChI is InChI=1S/C30H27FN2O3/c31-27-15-14-26(30(36)32-24-12-8-20(9-13-24)18-28(34)35)29-25(27)16-17-33(29)19-21-6-10-23(11-7-21)22-4-2-1-3-5-22/h1-7,10-11,14-18,24H,8-9,12-13,19H2,(H,32,36)(H,34,35). The molecule has 5 nitrogen and oxygen atoms in total. The van der Waals surface area contributed by atoms with E-state index in [9.17, 15) is 14.0 Å². The number of halogens is 1. The molecule has 36 heavy (non-hydrogen) atoms. The number of aliphatic carboxylic acids is 1. The predicted molar refractivity (Wildman–Crippen MR) is 138 cm³/mol. The Kier molecular flexibility index (Phi) is 6.67. The molecule has 0 radical (unpaired) electrons. The van der Waals surface area contributed by atoms with Crippen molar-refractivity contribution >= 4 is 22.8 Å². The molecular weight excluding hydrogens is 455 g/mol. The number of carboxylic acids is 1. The van der Waals surface area contributed by atoms with E-state index >= 15 is 0 Å². The third-order valence-electron chi connectivity index (χ3n) is 6.82. The minimum absolute atomic E-state index is 0.0440. The van der Waals surface area contributed by atoms with Gasteiger partial charge in [-0.3, -0.25) is 4.79 Å². The summed E-state index contributed by atoms with van der Waals surface area (Å²) in [6, 6.07) is 22.9. The van der Waals surface area contributed by atoms with Crippen molar-refractivity contribution in [3.05, 3.63) is 108 Å². The number of nitrogens with zero attached hydrogens (tertiary/aromatic N) is 1. The van der Waals surface area contributed by atoms with Gasteiger partial charge in [-0.05, 0) is 60.6 Å². The summed E-state index contributed by atoms with van der Waals surface area (Å²) in [5.74, 6) is -1.53. The van der Waals surface area contributed by atoms with E-state index in [1.165, 1.54) is 12.1 Å². The molecule has 1 fully saturated rings. The second-order valence-electron chi connectivity index (χ2n) is 9.25. The van der Waals surface area contributed by atoms with E-state index in [-0.39, 0.29) is 17.8 Å². The lowest BCUT2D eigenvalue weighted by molar-refractivity contribution is -0.131. The number of aromatic nitrogens is 1. The van der Waals surface area contributed by atoms with E-state index in [4.69, 9.17) is 5.11 Å². The molecule has 0 aliphatic heterocycles. The van der Waals surface area contributed by atoms with Crippen molar-refractivity contribution in [1.29, 1.82) is 0 Å². The first-order chi connectivity index (χ1) is 17.5. The SMILES string of the molecule is O=C(O)C=C1CCC(NC(=O)c2ccc(F)c3ccn(Cc4ccc(-c5ccccc5)cc4)c23)CC1. The molecule has 4 aromatic rings. The zero-order valence-corrected chi connectivity index (χ0v) is 19.8. The third-order valence-corrected chi connectivity index (χ3v) is 6.82. The van der Waals surface area contributed by atoms with Crippen LogP contribution in [0.4, 0.5) is 4.39 Å². The molecule has 1 heterocycles. The number of benzene rings is 3. The van der Waals surface area contributed by atoms with Gasteiger partial charge in [-0.1, -0.05) is 60.2 Å². The molecule has 0 saturated heterocycles. The van der Waals surface area contributed by atoms with Crippen LogP contribution in [0.15, 0.2) is 90.6 Å². The lowest BCUT2D eigenvalue weighted by Crippen LogP contribution is -2.36. The second kappa shape index (κ2) is 10.2. The number of carbonyl (C=O) groups excluding carboxylic acids is 1. The summed E-state index contributed by atoms with van der Waals surface area (Å²) in [7, 11) is 0. The average Bonchev–Trinajstić information content (AvgIpc) is 3.30. The molecule has 1 saturated carbocycles. The number of carbonyl (C=O) groups is 2. The Morgan fingerprint density at radius 1 is 0.944 bits per heavy atom. The highest BCUT2D eigenvalue weighted by molar-refractivity contribution is 6.06. The second-order valence-corrected chi connectivity index (χ2v) is 9.25. The first kappa shape index (κ1) is 23.5. The van der Waals surface area contributed by atoms with Crippen LogP contribution in [0, 0.1) is 5.82 Å². The van der Waals surface area contributed by atoms with Crippen LogP contribution in [-0.2, 0) is 11.3 Å². The van der Waals surface area contributed by atoms with Crippen LogP contribution in [0.25, 0.3) is 22.0 Å². The van der Waals surface area contributed by atoms with Gasteiger partial charge in [-0.15, -0.1) is 0 Å². The first-order valence-electron chi connectivity index (χ1n) is 12.1. The first-order valence-corrected chi connectivity index (χ1v) is 12.1. The van der Waals surface area contributed by atoms with Crippen LogP contribution in [0.2, 0.25) is 0 Å². The molecule has 5 rings (SSSR count). The van der Waals surface area contributed by atoms with Crippen LogP contribution in [-0.4, -0.2) is 27.6 Å². The maximum atomic E-state index is 14.6. The monoisotopic (exact) mass is 482 g/mol. The minimum atomic E-state index is -0.934. The number of hydrogen-bond acceptors (Lipinski definition) is 2. The Balaban J connectivity index is 1.36. The molecule has 2 N–H and O–H groups in total. The maximum absolute atomic E-state index is 14.6. The van der Waals surface area contributed by atoms with E-state index in [0.717, 1.165) is 22.3 Å². The van der Waals surface area contributed by atoms with Gasteiger partial charge in [0, 0.05) is 30.2 Å². The summed E-state index contributed by atoms with van der Waals surface area (Å²) in [6.45, 7) is 0.509. The molecule has 0 atom stereocenters. The van der Waals surface area contributed by atoms with Gasteiger partial charge in [0.05, 0.1) is 11.1 Å². The summed E-state index contributed by atoms with van der Waals surface area (Å²) in [5.41, 5.74) is 5.21. The van der Waals surface area contributed by atoms with E-state index in [2.05, 4.69) is 41.7 Å². The van der Waals surface area contributed by atoms with Crippen LogP contribution in [0.3, 0.4) is 0 Å². The van der Waals surface area contributed by atoms with Gasteiger partial charge in [-0.25, -0.2) is 9.18 Å². The van der Waals surface area contributed by atoms with Gasteiger partial charge >= 0.3 is 5.97 Å². The van der Waals surface area contributed by atoms with Crippen molar-refractivity contribution in [1.82, 2.24) is 9.88 Å². The highest BCUT2D eigenvalue weighted by Gasteiger charge is 2.22. The van der Waals surface area contributed by atoms with Crippen molar-refractivity contribution in [2.24, 2.45) is 0 Å². The molecule has 0 spiro atoms. The fourth-order valence-electron chi connectivity index (χ4n) is 4.95. The highest BCUT2D eigenvalue weighted by atomic mass is 19.1. The molecule has 3 aromatic carbocycles. The smallest absolute Gasteiger partial charge is 0.328 e. The van der Waals surface area contributed by atoms with Gasteiger partial charge in [0.15, 0.2) is 0 Å². The Morgan fingerprint density at radius 2 is 1.64 bits per heavy atom. The van der Waals surface area contributed by atoms with Crippen molar-refractivity contribution in [3.8, 4) is 11.1 Å². The molecule has 1 aromatic heterocycles. The fraction of sp³-hybridized carbons (Fsp3) is 0.200. The zero-order chi connectivity index (χ0) is 25.1. The van der Waals surface area contributed by atoms with Crippen molar-refractivity contribution in [3.63, 3.8) is 0 Å². The van der Waals surface area contributed by atoms with Gasteiger partial charge in [-0.2, -0.15) is 0 Å². The predicted octanol–water partition coefficient (Wildman–Crippen LogP) is 6.18. The average molecular weight is 483 g/mol. The van der Waals surface area contributed by atoms with Crippen molar-refractivity contribution in [2.45, 2.75) is 38.3 Å². The van der Waals surface area contributed by atoms with Gasteiger partial charge < -0.3 is 15.0 Å². The molecule has 1 aliphatic rings. The number of allylic oxidation sites excluding steroid dienone is 1. The minimum Gasteiger partial charge on any atom is -0.478 e. The molecular formula is C30H27FN2O3. The van der Waals surface area contributed by atoms with E-state index in [0.29, 0.717) is 48.7 Å². The fourth-order valence-corrected chi connectivity index (χ4v) is 4.95. The number of fused-ring (bicyclic) bond motifs is 1. The van der Waals surface area contributed by atoms with Gasteiger partial charge in [0.25, 0.3) is 5.91 Å². The molecule has 0 unspecified atom stereocenters. The molecule has 6 heteroatoms. The zero-order valence-electron chi connectivity index (χ0n) is 19.8. The Bertz CT molecular complexity index is 1430. The topological polar surface area (TPSA) is 71.3 Å². The number of carboxylic acid groups (broad SMARTS) is 1. The van der Waals surface area contributed by atoms with E-state index in [1.807, 2.05) is 29.0 Å². The van der Waals surface area contributed by atoms with Crippen LogP contribution in [0.1, 0.15) is 41.6 Å². The largest absolute Gasteiger partial charge is 0.478 e. The summed E-state index contributed by atoms with van der Waals surface area (Å²) < 4.78 is 16.5. The number of rotatable bonds is 6. The Labute approximate surface area is 208 Å². The number of amides is 1. The molecule has 1 amide bonds. The molecule has 1 aliphatic carbocycles. The van der Waals surface area contributed by atoms with Crippen LogP contribution < -0.4 is 5.32 Å². The Morgan fingerprint density at radius 3 is 2.33 bits per heavy atom. The van der Waals surface area contributed by atoms with Crippen molar-refractivity contribution < 1.29 is 19.1 Å². The summed E-state index contributed by atoms with van der Waals surface area (Å²) >= 11 is 0. The summed E-state index contributed by atoms with van der Waals surface area (Å²) in [4.78, 5) is 24.1. The quantitative estimate of drug-likeness (QED) is 0.323. The van der Waals surface area contributed by atoms with Gasteiger partial charge in [0.2, 0.25) is 0 Å². The van der Waals surface area contributed by atoms with E-state index < -0.39 is 5.97 Å². The van der Waals surface area contributed by atoms with Crippen LogP contribution in [0.5, 0.6) is 0 Å². The van der Waals surface area contributed by atoms with E-state index in [1.54, 1.807) is 12.1 Å². The number of nitrogens with one attached hydrogen (secondary N) is 1. The summed E-state index contributed by atoms with van der Waals surface area (Å²) in [6.07, 6.45) is 5.74. The third kappa shape index (κ3) is 5.08. The molecule has 182 valence electrons. The Hall–Kier alpha value is -4.19. The maximum Gasteiger partial charge on any atom is 0.328 e. The normalized spacial score (nSPS) is 15.6. The number of hydrogen-bond donors (Lipinski definition) is 2. The van der Waals surface area contributed by atoms with Gasteiger partial charge in [0.1, 0.15) is 5.82 Å². The molecule has 0 bridgehead atoms.